The minimum atomic E-state index is 0. The molecular formula is C6H15NaO. The van der Waals surface area contributed by atoms with Crippen molar-refractivity contribution in [3.63, 3.8) is 0 Å². The van der Waals surface area contributed by atoms with E-state index in [4.69, 9.17) is 5.11 Å². The molecule has 1 N–H and O–H groups in total. The summed E-state index contributed by atoms with van der Waals surface area (Å²) in [6.07, 6.45) is 2.11. The van der Waals surface area contributed by atoms with Crippen molar-refractivity contribution in [3.05, 3.63) is 0 Å². The minimum absolute atomic E-state index is 0. The third-order valence-electron chi connectivity index (χ3n) is 0.940. The van der Waals surface area contributed by atoms with Crippen molar-refractivity contribution < 1.29 is 36.1 Å². The molecule has 0 saturated heterocycles. The van der Waals surface area contributed by atoms with Crippen LogP contribution in [0.4, 0.5) is 0 Å². The maximum Gasteiger partial charge on any atom is 1.00 e. The fourth-order valence-electron chi connectivity index (χ4n) is 0.500. The number of aliphatic hydroxyl groups is 1. The number of hydrogen-bond donors (Lipinski definition) is 1. The molecule has 0 amide bonds. The molecule has 0 aromatic heterocycles. The number of aliphatic hydroxyl groups excluding tert-OH is 1. The number of hydrogen-bond acceptors (Lipinski definition) is 1. The summed E-state index contributed by atoms with van der Waals surface area (Å²) >= 11 is 0. The maximum atomic E-state index is 8.32. The molecule has 0 bridgehead atoms. The van der Waals surface area contributed by atoms with Crippen LogP contribution < -0.4 is 29.6 Å². The van der Waals surface area contributed by atoms with Gasteiger partial charge >= 0.3 is 29.6 Å². The molecule has 8 heavy (non-hydrogen) atoms. The molecule has 0 unspecified atom stereocenters. The van der Waals surface area contributed by atoms with Gasteiger partial charge in [0, 0.05) is 6.61 Å². The number of rotatable bonds is 3. The van der Waals surface area contributed by atoms with Gasteiger partial charge in [-0.2, -0.15) is 0 Å². The first-order chi connectivity index (χ1) is 3.27. The molecule has 0 radical (unpaired) electrons. The fraction of sp³-hybridized carbons (Fsp3) is 1.00. The van der Waals surface area contributed by atoms with Gasteiger partial charge in [0.15, 0.2) is 0 Å². The molecule has 1 nitrogen and oxygen atoms in total. The monoisotopic (exact) mass is 126 g/mol. The molecule has 0 aliphatic carbocycles. The van der Waals surface area contributed by atoms with Crippen molar-refractivity contribution in [1.29, 1.82) is 0 Å². The van der Waals surface area contributed by atoms with Gasteiger partial charge in [-0.25, -0.2) is 0 Å². The van der Waals surface area contributed by atoms with Crippen LogP contribution in [0.25, 0.3) is 0 Å². The summed E-state index contributed by atoms with van der Waals surface area (Å²) in [5, 5.41) is 8.32. The Labute approximate surface area is 75.3 Å². The van der Waals surface area contributed by atoms with Gasteiger partial charge in [-0.15, -0.1) is 0 Å². The largest absolute Gasteiger partial charge is 1.00 e. The first-order valence-corrected chi connectivity index (χ1v) is 2.88. The van der Waals surface area contributed by atoms with Gasteiger partial charge in [0.2, 0.25) is 0 Å². The smallest absolute Gasteiger partial charge is 1.00 e. The zero-order chi connectivity index (χ0) is 5.70. The molecule has 0 rings (SSSR count). The first-order valence-electron chi connectivity index (χ1n) is 2.88. The van der Waals surface area contributed by atoms with E-state index in [-0.39, 0.29) is 31.0 Å². The van der Waals surface area contributed by atoms with Crippen LogP contribution in [0, 0.1) is 5.92 Å². The zero-order valence-electron chi connectivity index (χ0n) is 7.15. The third-order valence-corrected chi connectivity index (χ3v) is 0.940. The van der Waals surface area contributed by atoms with Crippen molar-refractivity contribution in [1.82, 2.24) is 0 Å². The molecule has 0 fully saturated rings. The molecule has 0 aliphatic rings. The van der Waals surface area contributed by atoms with E-state index < -0.39 is 0 Å². The molecule has 0 aromatic rings. The van der Waals surface area contributed by atoms with Crippen molar-refractivity contribution >= 4 is 0 Å². The zero-order valence-corrected chi connectivity index (χ0v) is 8.15. The van der Waals surface area contributed by atoms with Crippen LogP contribution in [0.3, 0.4) is 0 Å². The van der Waals surface area contributed by atoms with Crippen molar-refractivity contribution in [2.75, 3.05) is 6.61 Å². The summed E-state index contributed by atoms with van der Waals surface area (Å²) in [4.78, 5) is 0. The Morgan fingerprint density at radius 3 is 2.12 bits per heavy atom. The average molecular weight is 126 g/mol. The van der Waals surface area contributed by atoms with E-state index in [9.17, 15) is 0 Å². The summed E-state index contributed by atoms with van der Waals surface area (Å²) in [6.45, 7) is 4.67. The third kappa shape index (κ3) is 10.0. The van der Waals surface area contributed by atoms with Gasteiger partial charge in [-0.1, -0.05) is 13.8 Å². The Kier molecular flexibility index (Phi) is 11.7. The summed E-state index contributed by atoms with van der Waals surface area (Å²) in [5.41, 5.74) is 0. The molecule has 0 aliphatic heterocycles. The van der Waals surface area contributed by atoms with Gasteiger partial charge in [-0.05, 0) is 18.8 Å². The summed E-state index contributed by atoms with van der Waals surface area (Å²) < 4.78 is 0. The van der Waals surface area contributed by atoms with Crippen LogP contribution in [0.1, 0.15) is 28.1 Å². The topological polar surface area (TPSA) is 20.2 Å². The molecule has 0 aromatic carbocycles. The van der Waals surface area contributed by atoms with Crippen molar-refractivity contribution in [3.8, 4) is 0 Å². The van der Waals surface area contributed by atoms with E-state index in [0.717, 1.165) is 18.8 Å². The van der Waals surface area contributed by atoms with Crippen LogP contribution in [-0.4, -0.2) is 11.7 Å². The van der Waals surface area contributed by atoms with Crippen molar-refractivity contribution in [2.45, 2.75) is 26.7 Å². The van der Waals surface area contributed by atoms with Crippen molar-refractivity contribution in [2.24, 2.45) is 5.92 Å². The summed E-state index contributed by atoms with van der Waals surface area (Å²) in [5.74, 6) is 0.743. The Morgan fingerprint density at radius 2 is 2.00 bits per heavy atom. The van der Waals surface area contributed by atoms with Crippen LogP contribution in [0.2, 0.25) is 0 Å². The molecule has 0 saturated carbocycles. The first kappa shape index (κ1) is 11.7. The average Bonchev–Trinajstić information content (AvgIpc) is 1.61. The van der Waals surface area contributed by atoms with E-state index in [1.165, 1.54) is 0 Å². The normalized spacial score (nSPS) is 9.00. The van der Waals surface area contributed by atoms with E-state index in [2.05, 4.69) is 13.8 Å². The predicted molar refractivity (Wildman–Crippen MR) is 32.3 cm³/mol. The molecule has 2 heteroatoms. The van der Waals surface area contributed by atoms with Crippen LogP contribution in [0.15, 0.2) is 0 Å². The van der Waals surface area contributed by atoms with Gasteiger partial charge in [-0.3, -0.25) is 0 Å². The molecule has 46 valence electrons. The summed E-state index contributed by atoms with van der Waals surface area (Å²) in [6, 6.07) is 0. The Balaban J connectivity index is -0.000000180. The van der Waals surface area contributed by atoms with Crippen LogP contribution in [0.5, 0.6) is 0 Å². The van der Waals surface area contributed by atoms with Crippen LogP contribution in [-0.2, 0) is 0 Å². The second-order valence-corrected chi connectivity index (χ2v) is 2.26. The Morgan fingerprint density at radius 1 is 1.50 bits per heavy atom. The van der Waals surface area contributed by atoms with Gasteiger partial charge < -0.3 is 6.53 Å². The molecule has 0 heterocycles. The summed E-state index contributed by atoms with van der Waals surface area (Å²) in [7, 11) is 0. The van der Waals surface area contributed by atoms with E-state index in [1.807, 2.05) is 0 Å². The second kappa shape index (κ2) is 7.96. The predicted octanol–water partition coefficient (Wildman–Crippen LogP) is -1.47. The minimum Gasteiger partial charge on any atom is -1.00 e. The molecule has 0 atom stereocenters. The van der Waals surface area contributed by atoms with E-state index in [0.29, 0.717) is 6.61 Å². The van der Waals surface area contributed by atoms with Crippen LogP contribution >= 0.6 is 0 Å². The molecule has 0 spiro atoms. The fourth-order valence-corrected chi connectivity index (χ4v) is 0.500. The standard InChI is InChI=1S/C6H14O.Na.H/c1-6(2)4-3-5-7;;/h6-7H,3-5H2,1-2H3;;/q;+1;-1. The molecular weight excluding hydrogens is 111 g/mol. The van der Waals surface area contributed by atoms with E-state index >= 15 is 0 Å². The Bertz CT molecular complexity index is 42.0. The second-order valence-electron chi connectivity index (χ2n) is 2.26. The van der Waals surface area contributed by atoms with Gasteiger partial charge in [0.25, 0.3) is 0 Å². The maximum absolute atomic E-state index is 8.32. The van der Waals surface area contributed by atoms with Gasteiger partial charge in [0.05, 0.1) is 0 Å². The quantitative estimate of drug-likeness (QED) is 0.458. The van der Waals surface area contributed by atoms with E-state index in [1.54, 1.807) is 0 Å². The SMILES string of the molecule is CC(C)CCCO.[H-].[Na+]. The van der Waals surface area contributed by atoms with Gasteiger partial charge in [0.1, 0.15) is 0 Å². The Hall–Kier alpha value is 0.960.